The highest BCUT2D eigenvalue weighted by Crippen LogP contribution is 2.11. The molecule has 0 aromatic carbocycles. The Morgan fingerprint density at radius 1 is 1.32 bits per heavy atom. The van der Waals surface area contributed by atoms with E-state index in [1.807, 2.05) is 33.8 Å². The Morgan fingerprint density at radius 3 is 2.26 bits per heavy atom. The summed E-state index contributed by atoms with van der Waals surface area (Å²) in [4.78, 5) is 24.9. The molecule has 19 heavy (non-hydrogen) atoms. The molecule has 0 saturated carbocycles. The van der Waals surface area contributed by atoms with E-state index >= 15 is 0 Å². The highest BCUT2D eigenvalue weighted by atomic mass is 16.4. The second-order valence-corrected chi connectivity index (χ2v) is 5.23. The van der Waals surface area contributed by atoms with Crippen molar-refractivity contribution in [2.24, 2.45) is 5.92 Å². The molecule has 1 atom stereocenters. The first-order chi connectivity index (χ1) is 8.81. The van der Waals surface area contributed by atoms with Gasteiger partial charge in [0, 0.05) is 12.6 Å². The minimum absolute atomic E-state index is 0.0501. The maximum Gasteiger partial charge on any atom is 0.405 e. The number of carbonyl (C=O) groups is 2. The molecular weight excluding hydrogens is 244 g/mol. The summed E-state index contributed by atoms with van der Waals surface area (Å²) >= 11 is 0. The van der Waals surface area contributed by atoms with Gasteiger partial charge in [0.15, 0.2) is 0 Å². The van der Waals surface area contributed by atoms with Crippen LogP contribution in [0.1, 0.15) is 40.5 Å². The number of carboxylic acid groups (broad SMARTS) is 1. The maximum atomic E-state index is 12.4. The average molecular weight is 270 g/mol. The molecule has 0 aromatic rings. The third-order valence-corrected chi connectivity index (χ3v) is 2.93. The molecule has 0 rings (SSSR count). The van der Waals surface area contributed by atoms with E-state index in [2.05, 4.69) is 11.9 Å². The first-order valence-electron chi connectivity index (χ1n) is 6.72. The number of hydrogen-bond acceptors (Lipinski definition) is 2. The molecule has 0 fully saturated rings. The van der Waals surface area contributed by atoms with Crippen molar-refractivity contribution in [1.29, 1.82) is 0 Å². The van der Waals surface area contributed by atoms with E-state index in [4.69, 9.17) is 5.11 Å². The predicted octanol–water partition coefficient (Wildman–Crippen LogP) is 2.48. The average Bonchev–Trinajstić information content (AvgIpc) is 2.30. The fourth-order valence-electron chi connectivity index (χ4n) is 1.85. The van der Waals surface area contributed by atoms with Crippen LogP contribution in [0.2, 0.25) is 0 Å². The Hall–Kier alpha value is -1.52. The molecule has 2 amide bonds. The standard InChI is InChI=1S/C14H26N2O3/c1-6-7-8-9-16(11(4)5)13(17)12(10(2)3)15-14(18)19/h6,10-12,15H,1,7-9H2,2-5H3,(H,18,19)/t12-/m0/s1. The van der Waals surface area contributed by atoms with Crippen molar-refractivity contribution in [3.8, 4) is 0 Å². The van der Waals surface area contributed by atoms with Crippen LogP contribution in [-0.4, -0.2) is 40.6 Å². The molecule has 110 valence electrons. The number of amides is 2. The van der Waals surface area contributed by atoms with Gasteiger partial charge in [0.2, 0.25) is 5.91 Å². The molecule has 0 saturated heterocycles. The summed E-state index contributed by atoms with van der Waals surface area (Å²) in [7, 11) is 0. The summed E-state index contributed by atoms with van der Waals surface area (Å²) < 4.78 is 0. The van der Waals surface area contributed by atoms with Gasteiger partial charge in [0.1, 0.15) is 6.04 Å². The number of unbranched alkanes of at least 4 members (excludes halogenated alkanes) is 1. The van der Waals surface area contributed by atoms with E-state index in [1.54, 1.807) is 4.90 Å². The lowest BCUT2D eigenvalue weighted by molar-refractivity contribution is -0.136. The molecule has 5 heteroatoms. The molecule has 0 heterocycles. The van der Waals surface area contributed by atoms with Crippen molar-refractivity contribution in [2.75, 3.05) is 6.54 Å². The normalized spacial score (nSPS) is 12.3. The zero-order valence-corrected chi connectivity index (χ0v) is 12.3. The fraction of sp³-hybridized carbons (Fsp3) is 0.714. The molecule has 0 unspecified atom stereocenters. The molecule has 0 radical (unpaired) electrons. The Morgan fingerprint density at radius 2 is 1.89 bits per heavy atom. The number of rotatable bonds is 8. The summed E-state index contributed by atoms with van der Waals surface area (Å²) in [6, 6.07) is -0.641. The Bertz CT molecular complexity index is 314. The summed E-state index contributed by atoms with van der Waals surface area (Å²) in [5, 5.41) is 11.1. The van der Waals surface area contributed by atoms with E-state index < -0.39 is 12.1 Å². The molecule has 0 spiro atoms. The topological polar surface area (TPSA) is 69.6 Å². The lowest BCUT2D eigenvalue weighted by Crippen LogP contribution is -2.53. The largest absolute Gasteiger partial charge is 0.465 e. The molecule has 0 bridgehead atoms. The van der Waals surface area contributed by atoms with E-state index in [0.29, 0.717) is 6.54 Å². The van der Waals surface area contributed by atoms with Gasteiger partial charge >= 0.3 is 6.09 Å². The molecule has 0 aliphatic heterocycles. The van der Waals surface area contributed by atoms with Crippen LogP contribution in [0.3, 0.4) is 0 Å². The molecular formula is C14H26N2O3. The summed E-state index contributed by atoms with van der Waals surface area (Å²) in [5.74, 6) is -0.235. The second-order valence-electron chi connectivity index (χ2n) is 5.23. The van der Waals surface area contributed by atoms with E-state index in [-0.39, 0.29) is 17.9 Å². The smallest absolute Gasteiger partial charge is 0.405 e. The van der Waals surface area contributed by atoms with Crippen molar-refractivity contribution in [1.82, 2.24) is 10.2 Å². The third kappa shape index (κ3) is 6.27. The minimum Gasteiger partial charge on any atom is -0.465 e. The van der Waals surface area contributed by atoms with Crippen LogP contribution >= 0.6 is 0 Å². The highest BCUT2D eigenvalue weighted by Gasteiger charge is 2.29. The van der Waals surface area contributed by atoms with Crippen LogP contribution < -0.4 is 5.32 Å². The Balaban J connectivity index is 4.81. The van der Waals surface area contributed by atoms with E-state index in [9.17, 15) is 9.59 Å². The molecule has 5 nitrogen and oxygen atoms in total. The Kier molecular flexibility index (Phi) is 7.87. The predicted molar refractivity (Wildman–Crippen MR) is 76.1 cm³/mol. The van der Waals surface area contributed by atoms with Crippen molar-refractivity contribution < 1.29 is 14.7 Å². The first-order valence-corrected chi connectivity index (χ1v) is 6.72. The molecule has 0 aliphatic carbocycles. The van der Waals surface area contributed by atoms with Gasteiger partial charge in [-0.3, -0.25) is 4.79 Å². The zero-order chi connectivity index (χ0) is 15.0. The van der Waals surface area contributed by atoms with Crippen LogP contribution in [0.5, 0.6) is 0 Å². The van der Waals surface area contributed by atoms with Crippen molar-refractivity contribution >= 4 is 12.0 Å². The maximum absolute atomic E-state index is 12.4. The second kappa shape index (κ2) is 8.56. The van der Waals surface area contributed by atoms with Crippen LogP contribution in [0, 0.1) is 5.92 Å². The molecule has 0 aliphatic rings. The minimum atomic E-state index is -1.16. The van der Waals surface area contributed by atoms with Crippen molar-refractivity contribution in [2.45, 2.75) is 52.6 Å². The summed E-state index contributed by atoms with van der Waals surface area (Å²) in [6.45, 7) is 11.8. The number of allylic oxidation sites excluding steroid dienone is 1. The Labute approximate surface area is 115 Å². The number of hydrogen-bond donors (Lipinski definition) is 2. The van der Waals surface area contributed by atoms with Gasteiger partial charge in [0.05, 0.1) is 0 Å². The number of nitrogens with one attached hydrogen (secondary N) is 1. The lowest BCUT2D eigenvalue weighted by atomic mass is 10.0. The van der Waals surface area contributed by atoms with Gasteiger partial charge in [-0.1, -0.05) is 19.9 Å². The van der Waals surface area contributed by atoms with Crippen LogP contribution in [0.15, 0.2) is 12.7 Å². The quantitative estimate of drug-likeness (QED) is 0.526. The molecule has 0 aromatic heterocycles. The van der Waals surface area contributed by atoms with Gasteiger partial charge in [0.25, 0.3) is 0 Å². The van der Waals surface area contributed by atoms with Crippen LogP contribution in [-0.2, 0) is 4.79 Å². The zero-order valence-electron chi connectivity index (χ0n) is 12.3. The van der Waals surface area contributed by atoms with Gasteiger partial charge in [-0.15, -0.1) is 6.58 Å². The van der Waals surface area contributed by atoms with Crippen molar-refractivity contribution in [3.63, 3.8) is 0 Å². The van der Waals surface area contributed by atoms with Gasteiger partial charge in [-0.25, -0.2) is 4.79 Å². The van der Waals surface area contributed by atoms with Crippen LogP contribution in [0.25, 0.3) is 0 Å². The summed E-state index contributed by atoms with van der Waals surface area (Å²) in [6.07, 6.45) is 2.33. The van der Waals surface area contributed by atoms with Gasteiger partial charge in [-0.2, -0.15) is 0 Å². The van der Waals surface area contributed by atoms with Crippen LogP contribution in [0.4, 0.5) is 4.79 Å². The molecule has 2 N–H and O–H groups in total. The SMILES string of the molecule is C=CCCCN(C(=O)[C@@H](NC(=O)O)C(C)C)C(C)C. The highest BCUT2D eigenvalue weighted by molar-refractivity contribution is 5.85. The summed E-state index contributed by atoms with van der Waals surface area (Å²) in [5.41, 5.74) is 0. The van der Waals surface area contributed by atoms with E-state index in [0.717, 1.165) is 12.8 Å². The number of nitrogens with zero attached hydrogens (tertiary/aromatic N) is 1. The van der Waals surface area contributed by atoms with Crippen molar-refractivity contribution in [3.05, 3.63) is 12.7 Å². The fourth-order valence-corrected chi connectivity index (χ4v) is 1.85. The van der Waals surface area contributed by atoms with E-state index in [1.165, 1.54) is 0 Å². The first kappa shape index (κ1) is 17.5. The lowest BCUT2D eigenvalue weighted by Gasteiger charge is -2.32. The third-order valence-electron chi connectivity index (χ3n) is 2.93. The number of carbonyl (C=O) groups excluding carboxylic acids is 1. The van der Waals surface area contributed by atoms with Gasteiger partial charge < -0.3 is 15.3 Å². The monoisotopic (exact) mass is 270 g/mol. The van der Waals surface area contributed by atoms with Gasteiger partial charge in [-0.05, 0) is 32.6 Å².